The predicted molar refractivity (Wildman–Crippen MR) is 112 cm³/mol. The first kappa shape index (κ1) is 21.9. The van der Waals surface area contributed by atoms with Crippen LogP contribution in [0.25, 0.3) is 11.2 Å². The molecule has 1 amide bonds. The average molecular weight is 446 g/mol. The van der Waals surface area contributed by atoms with Crippen LogP contribution in [0.4, 0.5) is 5.95 Å². The van der Waals surface area contributed by atoms with Crippen molar-refractivity contribution in [3.63, 3.8) is 0 Å². The lowest BCUT2D eigenvalue weighted by Gasteiger charge is -2.16. The molecule has 32 heavy (non-hydrogen) atoms. The van der Waals surface area contributed by atoms with Crippen LogP contribution >= 0.6 is 0 Å². The number of aliphatic hydroxyl groups excluding tert-OH is 2. The Bertz CT molecular complexity index is 1170. The van der Waals surface area contributed by atoms with Crippen molar-refractivity contribution in [2.75, 3.05) is 12.3 Å². The number of fused-ring (bicyclic) bond motifs is 1. The van der Waals surface area contributed by atoms with Gasteiger partial charge >= 0.3 is 0 Å². The van der Waals surface area contributed by atoms with Gasteiger partial charge in [0, 0.05) is 31.4 Å². The summed E-state index contributed by atoms with van der Waals surface area (Å²) in [5.74, 6) is 0.575. The maximum absolute atomic E-state index is 12.6. The highest BCUT2D eigenvalue weighted by molar-refractivity contribution is 5.82. The van der Waals surface area contributed by atoms with E-state index in [9.17, 15) is 19.8 Å². The molecular weight excluding hydrogens is 420 g/mol. The molecule has 13 heteroatoms. The van der Waals surface area contributed by atoms with Gasteiger partial charge in [-0.3, -0.25) is 19.1 Å². The van der Waals surface area contributed by atoms with Crippen LogP contribution in [0.1, 0.15) is 38.2 Å². The Hall–Kier alpha value is -3.29. The summed E-state index contributed by atoms with van der Waals surface area (Å²) in [5, 5.41) is 23.6. The molecule has 6 N–H and O–H groups in total. The van der Waals surface area contributed by atoms with Crippen molar-refractivity contribution in [1.29, 1.82) is 0 Å². The Morgan fingerprint density at radius 2 is 2.12 bits per heavy atom. The number of carbonyl (C=O) groups excluding carboxylic acids is 1. The van der Waals surface area contributed by atoms with Crippen LogP contribution in [0.15, 0.2) is 23.5 Å². The summed E-state index contributed by atoms with van der Waals surface area (Å²) in [5.41, 5.74) is 5.11. The number of nitrogens with one attached hydrogen (secondary N) is 2. The van der Waals surface area contributed by atoms with Gasteiger partial charge in [-0.25, -0.2) is 9.97 Å². The summed E-state index contributed by atoms with van der Waals surface area (Å²) >= 11 is 0. The van der Waals surface area contributed by atoms with Crippen LogP contribution < -0.4 is 16.6 Å². The number of rotatable bonds is 7. The number of hydrogen-bond donors (Lipinski definition) is 5. The molecule has 0 aliphatic carbocycles. The van der Waals surface area contributed by atoms with Crippen LogP contribution in [0.2, 0.25) is 0 Å². The topological polar surface area (TPSA) is 186 Å². The highest BCUT2D eigenvalue weighted by Crippen LogP contribution is 2.31. The second-order valence-electron chi connectivity index (χ2n) is 7.98. The van der Waals surface area contributed by atoms with Gasteiger partial charge in [0.2, 0.25) is 5.95 Å². The monoisotopic (exact) mass is 446 g/mol. The van der Waals surface area contributed by atoms with Gasteiger partial charge < -0.3 is 30.6 Å². The molecule has 0 spiro atoms. The summed E-state index contributed by atoms with van der Waals surface area (Å²) in [6.07, 6.45) is 0.144. The third kappa shape index (κ3) is 3.97. The third-order valence-corrected chi connectivity index (χ3v) is 5.36. The van der Waals surface area contributed by atoms with Gasteiger partial charge in [-0.1, -0.05) is 13.8 Å². The normalized spacial score (nSPS) is 23.3. The van der Waals surface area contributed by atoms with Gasteiger partial charge in [0.1, 0.15) is 18.0 Å². The van der Waals surface area contributed by atoms with Crippen molar-refractivity contribution >= 4 is 23.0 Å². The Balaban J connectivity index is 1.39. The van der Waals surface area contributed by atoms with Gasteiger partial charge in [-0.15, -0.1) is 0 Å². The Morgan fingerprint density at radius 1 is 1.34 bits per heavy atom. The predicted octanol–water partition coefficient (Wildman–Crippen LogP) is -1.15. The maximum Gasteiger partial charge on any atom is 0.280 e. The molecular formula is C19H26N8O5. The second-order valence-corrected chi connectivity index (χ2v) is 7.98. The van der Waals surface area contributed by atoms with Crippen molar-refractivity contribution in [3.05, 3.63) is 34.9 Å². The average Bonchev–Trinajstić information content (AvgIpc) is 3.44. The van der Waals surface area contributed by atoms with E-state index >= 15 is 0 Å². The molecule has 0 aromatic carbocycles. The zero-order valence-electron chi connectivity index (χ0n) is 17.7. The molecule has 0 bridgehead atoms. The first-order valence-electron chi connectivity index (χ1n) is 10.3. The number of aryl methyl sites for hydroxylation is 1. The smallest absolute Gasteiger partial charge is 0.280 e. The zero-order valence-corrected chi connectivity index (χ0v) is 17.7. The van der Waals surface area contributed by atoms with Crippen molar-refractivity contribution in [3.8, 4) is 0 Å². The number of aromatic nitrogens is 6. The van der Waals surface area contributed by atoms with Crippen LogP contribution in [-0.2, 0) is 16.1 Å². The number of ether oxygens (including phenoxy) is 1. The molecule has 1 fully saturated rings. The first-order chi connectivity index (χ1) is 15.3. The molecule has 1 aliphatic heterocycles. The molecule has 3 aromatic rings. The van der Waals surface area contributed by atoms with Crippen LogP contribution in [-0.4, -0.2) is 70.0 Å². The lowest BCUT2D eigenvalue weighted by Crippen LogP contribution is -2.43. The summed E-state index contributed by atoms with van der Waals surface area (Å²) in [6.45, 7) is 5.15. The lowest BCUT2D eigenvalue weighted by molar-refractivity contribution is -0.137. The van der Waals surface area contributed by atoms with Crippen molar-refractivity contribution in [2.45, 2.75) is 57.3 Å². The number of nitrogen functional groups attached to an aromatic ring is 1. The van der Waals surface area contributed by atoms with Crippen LogP contribution in [0.5, 0.6) is 0 Å². The summed E-state index contributed by atoms with van der Waals surface area (Å²) in [6, 6.07) is 0. The Kier molecular flexibility index (Phi) is 5.95. The number of aromatic amines is 1. The summed E-state index contributed by atoms with van der Waals surface area (Å²) in [4.78, 5) is 39.2. The number of H-pyrrole nitrogens is 1. The SMILES string of the molecule is CC(C)c1nccn1CCCNC(=O)[C@H]1O[C@@H](n2cnc3c(=O)[nH]c(N)nc32)[C@H](O)[C@@H]1O. The van der Waals surface area contributed by atoms with E-state index in [0.717, 1.165) is 5.82 Å². The molecule has 172 valence electrons. The fourth-order valence-corrected chi connectivity index (χ4v) is 3.81. The molecule has 1 saturated heterocycles. The number of carbonyl (C=O) groups is 1. The van der Waals surface area contributed by atoms with E-state index in [1.54, 1.807) is 6.20 Å². The zero-order chi connectivity index (χ0) is 23.0. The van der Waals surface area contributed by atoms with E-state index in [0.29, 0.717) is 25.4 Å². The van der Waals surface area contributed by atoms with E-state index in [1.807, 2.05) is 10.8 Å². The fourth-order valence-electron chi connectivity index (χ4n) is 3.81. The molecule has 4 heterocycles. The molecule has 4 atom stereocenters. The van der Waals surface area contributed by atoms with Gasteiger partial charge in [0.15, 0.2) is 23.5 Å². The van der Waals surface area contributed by atoms with Crippen LogP contribution in [0, 0.1) is 0 Å². The number of hydrogen-bond acceptors (Lipinski definition) is 9. The number of imidazole rings is 2. The highest BCUT2D eigenvalue weighted by atomic mass is 16.6. The van der Waals surface area contributed by atoms with E-state index < -0.39 is 36.0 Å². The standard InChI is InChI=1S/C19H26N8O5/c1-9(2)14-21-5-7-26(14)6-3-4-22-17(31)13-11(28)12(29)18(32-13)27-8-23-10-15(27)24-19(20)25-16(10)30/h5,7-9,11-13,18,28-29H,3-4,6H2,1-2H3,(H,22,31)(H3,20,24,25,30)/t11-,12+,13-,18+/m0/s1. The summed E-state index contributed by atoms with van der Waals surface area (Å²) in [7, 11) is 0. The van der Waals surface area contributed by atoms with Crippen LogP contribution in [0.3, 0.4) is 0 Å². The third-order valence-electron chi connectivity index (χ3n) is 5.36. The second kappa shape index (κ2) is 8.68. The van der Waals surface area contributed by atoms with E-state index in [-0.39, 0.29) is 17.1 Å². The Labute approximate surface area is 182 Å². The number of amides is 1. The van der Waals surface area contributed by atoms with Gasteiger partial charge in [0.05, 0.1) is 6.33 Å². The number of nitrogens with zero attached hydrogens (tertiary/aromatic N) is 5. The van der Waals surface area contributed by atoms with Crippen molar-refractivity contribution < 1.29 is 19.7 Å². The van der Waals surface area contributed by atoms with Crippen molar-refractivity contribution in [1.82, 2.24) is 34.4 Å². The quantitative estimate of drug-likeness (QED) is 0.279. The first-order valence-corrected chi connectivity index (χ1v) is 10.3. The number of anilines is 1. The molecule has 0 unspecified atom stereocenters. The lowest BCUT2D eigenvalue weighted by atomic mass is 10.1. The fraction of sp³-hybridized carbons (Fsp3) is 0.526. The molecule has 0 saturated carbocycles. The van der Waals surface area contributed by atoms with E-state index in [2.05, 4.69) is 39.1 Å². The largest absolute Gasteiger partial charge is 0.387 e. The molecule has 3 aromatic heterocycles. The number of aliphatic hydroxyl groups is 2. The minimum absolute atomic E-state index is 0.00217. The molecule has 13 nitrogen and oxygen atoms in total. The minimum Gasteiger partial charge on any atom is -0.387 e. The van der Waals surface area contributed by atoms with E-state index in [4.69, 9.17) is 10.5 Å². The maximum atomic E-state index is 12.6. The van der Waals surface area contributed by atoms with Crippen molar-refractivity contribution in [2.24, 2.45) is 0 Å². The van der Waals surface area contributed by atoms with E-state index in [1.165, 1.54) is 10.9 Å². The highest BCUT2D eigenvalue weighted by Gasteiger charge is 2.47. The molecule has 4 rings (SSSR count). The summed E-state index contributed by atoms with van der Waals surface area (Å²) < 4.78 is 8.94. The molecule has 0 radical (unpaired) electrons. The van der Waals surface area contributed by atoms with Gasteiger partial charge in [-0.2, -0.15) is 4.98 Å². The molecule has 1 aliphatic rings. The Morgan fingerprint density at radius 3 is 2.88 bits per heavy atom. The number of nitrogens with two attached hydrogens (primary N) is 1. The van der Waals surface area contributed by atoms with Gasteiger partial charge in [-0.05, 0) is 6.42 Å². The van der Waals surface area contributed by atoms with Gasteiger partial charge in [0.25, 0.3) is 11.5 Å². The minimum atomic E-state index is -1.47.